The molecule has 11 heteroatoms. The molecular formula is C21H24N4O5S2. The van der Waals surface area contributed by atoms with Crippen molar-refractivity contribution >= 4 is 32.4 Å². The fourth-order valence-electron chi connectivity index (χ4n) is 2.82. The summed E-state index contributed by atoms with van der Waals surface area (Å²) in [6, 6.07) is 13.2. The minimum Gasteiger partial charge on any atom is -0.490 e. The lowest BCUT2D eigenvalue weighted by molar-refractivity contribution is 0.102. The van der Waals surface area contributed by atoms with Crippen LogP contribution in [0.15, 0.2) is 52.9 Å². The summed E-state index contributed by atoms with van der Waals surface area (Å²) >= 11 is 0.771. The molecule has 1 heterocycles. The van der Waals surface area contributed by atoms with Crippen LogP contribution in [0.4, 0.5) is 5.13 Å². The van der Waals surface area contributed by atoms with Crippen molar-refractivity contribution in [2.45, 2.75) is 31.2 Å². The molecule has 0 bridgehead atoms. The van der Waals surface area contributed by atoms with Gasteiger partial charge in [0, 0.05) is 11.6 Å². The Kier molecular flexibility index (Phi) is 7.78. The van der Waals surface area contributed by atoms with Crippen molar-refractivity contribution in [1.29, 1.82) is 0 Å². The number of carbonyl (C=O) groups is 1. The zero-order valence-corrected chi connectivity index (χ0v) is 19.5. The van der Waals surface area contributed by atoms with E-state index < -0.39 is 22.0 Å². The van der Waals surface area contributed by atoms with Crippen molar-refractivity contribution in [2.75, 3.05) is 18.5 Å². The van der Waals surface area contributed by atoms with Crippen LogP contribution in [0.1, 0.15) is 42.7 Å². The predicted octanol–water partition coefficient (Wildman–Crippen LogP) is 3.63. The first kappa shape index (κ1) is 23.6. The first-order valence-corrected chi connectivity index (χ1v) is 12.3. The molecular weight excluding hydrogens is 452 g/mol. The van der Waals surface area contributed by atoms with Gasteiger partial charge in [-0.2, -0.15) is 0 Å². The van der Waals surface area contributed by atoms with Crippen molar-refractivity contribution in [3.8, 4) is 11.5 Å². The Balaban J connectivity index is 1.72. The smallest absolute Gasteiger partial charge is 0.270 e. The molecule has 1 aromatic heterocycles. The van der Waals surface area contributed by atoms with Crippen molar-refractivity contribution < 1.29 is 22.7 Å². The molecule has 0 aliphatic heterocycles. The summed E-state index contributed by atoms with van der Waals surface area (Å²) < 4.78 is 39.1. The summed E-state index contributed by atoms with van der Waals surface area (Å²) in [5.74, 6) is 0.737. The average Bonchev–Trinajstić information content (AvgIpc) is 3.25. The highest BCUT2D eigenvalue weighted by Gasteiger charge is 2.24. The molecule has 170 valence electrons. The van der Waals surface area contributed by atoms with E-state index in [0.29, 0.717) is 35.8 Å². The third-order valence-electron chi connectivity index (χ3n) is 4.29. The molecule has 2 aromatic carbocycles. The van der Waals surface area contributed by atoms with Crippen LogP contribution in [0.3, 0.4) is 0 Å². The number of nitrogens with zero attached hydrogens (tertiary/aromatic N) is 2. The van der Waals surface area contributed by atoms with E-state index in [1.807, 2.05) is 13.8 Å². The van der Waals surface area contributed by atoms with Crippen LogP contribution in [-0.4, -0.2) is 37.7 Å². The highest BCUT2D eigenvalue weighted by atomic mass is 32.2. The van der Waals surface area contributed by atoms with Crippen LogP contribution in [-0.2, 0) is 10.0 Å². The maximum atomic E-state index is 12.8. The molecule has 1 atom stereocenters. The highest BCUT2D eigenvalue weighted by molar-refractivity contribution is 7.91. The lowest BCUT2D eigenvalue weighted by atomic mass is 10.1. The van der Waals surface area contributed by atoms with E-state index in [1.54, 1.807) is 55.5 Å². The highest BCUT2D eigenvalue weighted by Crippen LogP contribution is 2.31. The van der Waals surface area contributed by atoms with Gasteiger partial charge in [-0.25, -0.2) is 13.1 Å². The molecule has 1 amide bonds. The SMILES string of the molecule is CCOc1ccc([C@H](C)NS(=O)(=O)c2nnc(NC(=O)c3ccccc3)s2)cc1OCC. The van der Waals surface area contributed by atoms with Crippen LogP contribution < -0.4 is 19.5 Å². The Morgan fingerprint density at radius 1 is 1.03 bits per heavy atom. The minimum atomic E-state index is -3.96. The zero-order valence-electron chi connectivity index (χ0n) is 17.9. The van der Waals surface area contributed by atoms with Crippen molar-refractivity contribution in [2.24, 2.45) is 0 Å². The number of sulfonamides is 1. The van der Waals surface area contributed by atoms with Gasteiger partial charge in [-0.3, -0.25) is 10.1 Å². The lowest BCUT2D eigenvalue weighted by Crippen LogP contribution is -2.26. The van der Waals surface area contributed by atoms with Gasteiger partial charge in [-0.05, 0) is 50.6 Å². The fraction of sp³-hybridized carbons (Fsp3) is 0.286. The van der Waals surface area contributed by atoms with Gasteiger partial charge < -0.3 is 9.47 Å². The number of anilines is 1. The van der Waals surface area contributed by atoms with Gasteiger partial charge in [-0.15, -0.1) is 10.2 Å². The van der Waals surface area contributed by atoms with Crippen LogP contribution in [0.5, 0.6) is 11.5 Å². The van der Waals surface area contributed by atoms with E-state index in [1.165, 1.54) is 0 Å². The normalized spacial score (nSPS) is 12.2. The summed E-state index contributed by atoms with van der Waals surface area (Å²) in [6.07, 6.45) is 0. The second-order valence-electron chi connectivity index (χ2n) is 6.61. The molecule has 3 rings (SSSR count). The number of ether oxygens (including phenoxy) is 2. The quantitative estimate of drug-likeness (QED) is 0.429. The molecule has 0 spiro atoms. The average molecular weight is 477 g/mol. The first-order valence-electron chi connectivity index (χ1n) is 9.95. The Hall–Kier alpha value is -3.02. The zero-order chi connectivity index (χ0) is 23.1. The van der Waals surface area contributed by atoms with Gasteiger partial charge in [0.1, 0.15) is 0 Å². The van der Waals surface area contributed by atoms with Gasteiger partial charge in [0.25, 0.3) is 15.9 Å². The van der Waals surface area contributed by atoms with Crippen molar-refractivity contribution in [3.63, 3.8) is 0 Å². The minimum absolute atomic E-state index is 0.0894. The third kappa shape index (κ3) is 5.81. The van der Waals surface area contributed by atoms with E-state index in [4.69, 9.17) is 9.47 Å². The topological polar surface area (TPSA) is 120 Å². The molecule has 0 saturated carbocycles. The van der Waals surface area contributed by atoms with E-state index >= 15 is 0 Å². The number of aromatic nitrogens is 2. The first-order chi connectivity index (χ1) is 15.3. The Morgan fingerprint density at radius 2 is 1.72 bits per heavy atom. The van der Waals surface area contributed by atoms with E-state index in [-0.39, 0.29) is 9.47 Å². The van der Waals surface area contributed by atoms with E-state index in [2.05, 4.69) is 20.2 Å². The Morgan fingerprint density at radius 3 is 2.41 bits per heavy atom. The molecule has 32 heavy (non-hydrogen) atoms. The van der Waals surface area contributed by atoms with E-state index in [9.17, 15) is 13.2 Å². The molecule has 0 aliphatic rings. The summed E-state index contributed by atoms with van der Waals surface area (Å²) in [7, 11) is -3.96. The van der Waals surface area contributed by atoms with Crippen molar-refractivity contribution in [3.05, 3.63) is 59.7 Å². The maximum Gasteiger partial charge on any atom is 0.270 e. The number of hydrogen-bond acceptors (Lipinski definition) is 8. The monoisotopic (exact) mass is 476 g/mol. The largest absolute Gasteiger partial charge is 0.490 e. The summed E-state index contributed by atoms with van der Waals surface area (Å²) in [6.45, 7) is 6.38. The molecule has 0 saturated heterocycles. The number of rotatable bonds is 10. The van der Waals surface area contributed by atoms with Crippen LogP contribution in [0, 0.1) is 0 Å². The second-order valence-corrected chi connectivity index (χ2v) is 9.47. The standard InChI is InChI=1S/C21H24N4O5S2/c1-4-29-17-12-11-16(13-18(17)30-5-2)14(3)25-32(27,28)21-24-23-20(31-21)22-19(26)15-9-7-6-8-10-15/h6-14,25H,4-5H2,1-3H3,(H,22,23,26)/t14-/m0/s1. The van der Waals surface area contributed by atoms with Gasteiger partial charge in [0.05, 0.1) is 13.2 Å². The molecule has 0 unspecified atom stereocenters. The van der Waals surface area contributed by atoms with Gasteiger partial charge in [-0.1, -0.05) is 35.6 Å². The number of hydrogen-bond donors (Lipinski definition) is 2. The molecule has 0 radical (unpaired) electrons. The van der Waals surface area contributed by atoms with Gasteiger partial charge in [0.2, 0.25) is 9.47 Å². The van der Waals surface area contributed by atoms with Gasteiger partial charge in [0.15, 0.2) is 11.5 Å². The number of amides is 1. The predicted molar refractivity (Wildman–Crippen MR) is 122 cm³/mol. The molecule has 0 aliphatic carbocycles. The van der Waals surface area contributed by atoms with Gasteiger partial charge >= 0.3 is 0 Å². The van der Waals surface area contributed by atoms with Crippen molar-refractivity contribution in [1.82, 2.24) is 14.9 Å². The molecule has 2 N–H and O–H groups in total. The molecule has 0 fully saturated rings. The summed E-state index contributed by atoms with van der Waals surface area (Å²) in [4.78, 5) is 12.2. The third-order valence-corrected chi connectivity index (χ3v) is 7.04. The van der Waals surface area contributed by atoms with Crippen LogP contribution in [0.25, 0.3) is 0 Å². The Labute approximate surface area is 190 Å². The van der Waals surface area contributed by atoms with Crippen LogP contribution in [0.2, 0.25) is 0 Å². The Bertz CT molecular complexity index is 1170. The van der Waals surface area contributed by atoms with Crippen LogP contribution >= 0.6 is 11.3 Å². The fourth-order valence-corrected chi connectivity index (χ4v) is 4.96. The summed E-state index contributed by atoms with van der Waals surface area (Å²) in [5, 5.41) is 10.2. The molecule has 3 aromatic rings. The number of nitrogens with one attached hydrogen (secondary N) is 2. The molecule has 9 nitrogen and oxygen atoms in total. The van der Waals surface area contributed by atoms with E-state index in [0.717, 1.165) is 11.3 Å². The number of carbonyl (C=O) groups excluding carboxylic acids is 1. The summed E-state index contributed by atoms with van der Waals surface area (Å²) in [5.41, 5.74) is 1.13. The second kappa shape index (κ2) is 10.5. The lowest BCUT2D eigenvalue weighted by Gasteiger charge is -2.16. The maximum absolute atomic E-state index is 12.8. The number of benzene rings is 2.